The van der Waals surface area contributed by atoms with E-state index in [2.05, 4.69) is 37.9 Å². The Morgan fingerprint density at radius 2 is 1.34 bits per heavy atom. The third kappa shape index (κ3) is 18.7. The van der Waals surface area contributed by atoms with E-state index in [1.807, 2.05) is 0 Å². The first-order valence-electron chi connectivity index (χ1n) is 36.2. The van der Waals surface area contributed by atoms with Gasteiger partial charge in [0.1, 0.15) is 17.1 Å². The molecule has 4 fully saturated rings. The maximum atomic E-state index is 14.3. The summed E-state index contributed by atoms with van der Waals surface area (Å²) in [6, 6.07) is 13.5. The minimum Gasteiger partial charge on any atom is -0.508 e. The molecule has 8 rings (SSSR count). The summed E-state index contributed by atoms with van der Waals surface area (Å²) in [6.07, 6.45) is 33.9. The van der Waals surface area contributed by atoms with Crippen LogP contribution in [0.2, 0.25) is 0 Å². The van der Waals surface area contributed by atoms with Gasteiger partial charge in [-0.15, -0.1) is 0 Å². The third-order valence-electron chi connectivity index (χ3n) is 22.5. The summed E-state index contributed by atoms with van der Waals surface area (Å²) >= 11 is 0. The molecule has 91 heavy (non-hydrogen) atoms. The van der Waals surface area contributed by atoms with Crippen LogP contribution in [0.3, 0.4) is 0 Å². The van der Waals surface area contributed by atoms with Gasteiger partial charge in [0.25, 0.3) is 5.91 Å². The number of carboxylic acids is 1. The summed E-state index contributed by atoms with van der Waals surface area (Å²) < 4.78 is 26.7. The summed E-state index contributed by atoms with van der Waals surface area (Å²) in [5.41, 5.74) is 19.8. The second kappa shape index (κ2) is 36.1. The molecular formula is C76H117N5O10. The van der Waals surface area contributed by atoms with Crippen molar-refractivity contribution in [2.45, 2.75) is 239 Å². The van der Waals surface area contributed by atoms with Crippen LogP contribution in [0.4, 0.5) is 0 Å². The van der Waals surface area contributed by atoms with Crippen LogP contribution in [0.25, 0.3) is 33.4 Å². The SMILES string of the molecule is CCCCCCCCCCCCCCCCN(CCC[C@@H](C)C1CC[C@H]2C3[C@H](OCCCN)CC4CC(OCCCN)CCC4(C)[C@H]3C[C@H](OCCCN)C12C)C(=O)CCCCCNC(=O)c1ccc(-c2c3ccc(=O)cc-3oc3cc(O)ccc23)c(C(=O)O)c1. The Morgan fingerprint density at radius 1 is 0.692 bits per heavy atom. The minimum atomic E-state index is -1.22. The van der Waals surface area contributed by atoms with Gasteiger partial charge in [-0.05, 0) is 199 Å². The number of amides is 2. The van der Waals surface area contributed by atoms with Crippen molar-refractivity contribution in [2.24, 2.45) is 63.5 Å². The Hall–Kier alpha value is -4.90. The van der Waals surface area contributed by atoms with Crippen LogP contribution in [-0.4, -0.2) is 110 Å². The molecule has 15 heteroatoms. The number of aromatic hydroxyl groups is 1. The van der Waals surface area contributed by atoms with E-state index in [-0.39, 0.29) is 68.7 Å². The van der Waals surface area contributed by atoms with E-state index in [4.69, 9.17) is 35.8 Å². The molecule has 5 aliphatic carbocycles. The summed E-state index contributed by atoms with van der Waals surface area (Å²) in [5.74, 6) is 1.79. The van der Waals surface area contributed by atoms with Crippen molar-refractivity contribution in [2.75, 3.05) is 59.1 Å². The van der Waals surface area contributed by atoms with Gasteiger partial charge in [-0.3, -0.25) is 14.4 Å². The fourth-order valence-corrected chi connectivity index (χ4v) is 17.5. The number of nitrogens with zero attached hydrogens (tertiary/aromatic N) is 1. The summed E-state index contributed by atoms with van der Waals surface area (Å²) in [5, 5.41) is 24.3. The molecule has 6 aliphatic rings. The molecule has 4 saturated carbocycles. The van der Waals surface area contributed by atoms with E-state index in [0.717, 1.165) is 96.7 Å². The first-order valence-corrected chi connectivity index (χ1v) is 36.2. The average Bonchev–Trinajstić information content (AvgIpc) is 1.68. The molecule has 0 aromatic heterocycles. The monoisotopic (exact) mass is 1260 g/mol. The molecule has 9 N–H and O–H groups in total. The highest BCUT2D eigenvalue weighted by atomic mass is 16.5. The Labute approximate surface area is 545 Å². The zero-order chi connectivity index (χ0) is 64.8. The normalized spacial score (nSPS) is 24.9. The summed E-state index contributed by atoms with van der Waals surface area (Å²) in [6.45, 7) is 15.9. The van der Waals surface area contributed by atoms with Gasteiger partial charge in [-0.25, -0.2) is 4.79 Å². The maximum absolute atomic E-state index is 14.3. The Balaban J connectivity index is 0.876. The number of unbranched alkanes of at least 4 members (excludes halogenated alkanes) is 15. The number of hydrogen-bond donors (Lipinski definition) is 6. The summed E-state index contributed by atoms with van der Waals surface area (Å²) in [7, 11) is 0. The van der Waals surface area contributed by atoms with E-state index >= 15 is 0 Å². The number of rotatable bonds is 41. The third-order valence-corrected chi connectivity index (χ3v) is 22.5. The fraction of sp³-hybridized carbons (Fsp3) is 0.711. The van der Waals surface area contributed by atoms with Crippen LogP contribution in [0, 0.1) is 46.3 Å². The molecule has 0 spiro atoms. The Kier molecular flexibility index (Phi) is 28.5. The van der Waals surface area contributed by atoms with Crippen molar-refractivity contribution in [1.29, 1.82) is 0 Å². The van der Waals surface area contributed by atoms with E-state index in [9.17, 15) is 29.4 Å². The van der Waals surface area contributed by atoms with Gasteiger partial charge in [0.05, 0.1) is 23.9 Å². The number of benzene rings is 3. The lowest BCUT2D eigenvalue weighted by molar-refractivity contribution is -0.227. The van der Waals surface area contributed by atoms with Gasteiger partial charge >= 0.3 is 5.97 Å². The molecule has 506 valence electrons. The number of nitrogens with two attached hydrogens (primary N) is 3. The highest BCUT2D eigenvalue weighted by Crippen LogP contribution is 2.69. The van der Waals surface area contributed by atoms with Crippen molar-refractivity contribution in [3.63, 3.8) is 0 Å². The molecule has 6 unspecified atom stereocenters. The molecular weight excluding hydrogens is 1140 g/mol. The standard InChI is InChI=1S/C76H117N5O10/c1-5-6-7-8-9-10-11-12-13-14-15-16-17-21-42-81(70(84)27-19-18-20-41-80-73(85)54-28-31-59(62(47-54)74(86)87)71-60-32-29-56(82)50-66(60)91-67-51-57(83)30-33-61(67)71)43-22-26-53(2)63-34-35-64-72-65(52-69(76(63,64)4)90-46-25-40-79)75(3)37-36-58(88-44-23-38-77)48-55(75)49-68(72)89-45-24-39-78/h28-33,47,50-51,53,55,58,63-65,68-69,72,82H,5-27,34-46,48-49,52,77-79H2,1-4H3,(H,80,85)(H,86,87)/t53-,55?,58?,63?,64+,65+,68-,69+,72?,75?,76?/m1/s1. The number of carbonyl (C=O) groups is 3. The van der Waals surface area contributed by atoms with Gasteiger partial charge in [0.15, 0.2) is 5.43 Å². The van der Waals surface area contributed by atoms with E-state index in [1.165, 1.54) is 127 Å². The molecule has 11 atom stereocenters. The topological polar surface area (TPSA) is 243 Å². The number of nitrogens with one attached hydrogen (secondary N) is 1. The molecule has 2 aromatic carbocycles. The number of hydrogen-bond acceptors (Lipinski definition) is 12. The molecule has 2 amide bonds. The van der Waals surface area contributed by atoms with Crippen LogP contribution in [-0.2, 0) is 19.0 Å². The maximum Gasteiger partial charge on any atom is 0.336 e. The molecule has 15 nitrogen and oxygen atoms in total. The molecule has 2 aromatic rings. The lowest BCUT2D eigenvalue weighted by atomic mass is 9.43. The number of carbonyl (C=O) groups excluding carboxylic acids is 2. The van der Waals surface area contributed by atoms with Gasteiger partial charge in [0, 0.05) is 85.5 Å². The highest BCUT2D eigenvalue weighted by Gasteiger charge is 2.66. The van der Waals surface area contributed by atoms with Crippen molar-refractivity contribution in [1.82, 2.24) is 10.2 Å². The van der Waals surface area contributed by atoms with Crippen LogP contribution < -0.4 is 27.9 Å². The van der Waals surface area contributed by atoms with Crippen molar-refractivity contribution >= 4 is 28.8 Å². The number of fused-ring (bicyclic) bond motifs is 7. The number of phenols is 1. The van der Waals surface area contributed by atoms with Crippen LogP contribution in [0.15, 0.2) is 63.8 Å². The second-order valence-corrected chi connectivity index (χ2v) is 28.5. The lowest BCUT2D eigenvalue weighted by Gasteiger charge is -2.65. The quantitative estimate of drug-likeness (QED) is 0.0179. The lowest BCUT2D eigenvalue weighted by Crippen LogP contribution is -2.63. The predicted octanol–water partition coefficient (Wildman–Crippen LogP) is 15.1. The molecule has 0 radical (unpaired) electrons. The fourth-order valence-electron chi connectivity index (χ4n) is 17.5. The van der Waals surface area contributed by atoms with Crippen LogP contribution in [0.5, 0.6) is 5.75 Å². The van der Waals surface area contributed by atoms with Gasteiger partial charge in [0.2, 0.25) is 5.91 Å². The van der Waals surface area contributed by atoms with Crippen molar-refractivity contribution in [3.05, 3.63) is 75.9 Å². The minimum absolute atomic E-state index is 0.00511. The van der Waals surface area contributed by atoms with E-state index in [1.54, 1.807) is 24.3 Å². The second-order valence-electron chi connectivity index (χ2n) is 28.5. The van der Waals surface area contributed by atoms with Crippen molar-refractivity contribution in [3.8, 4) is 28.2 Å². The van der Waals surface area contributed by atoms with Crippen LogP contribution in [0.1, 0.15) is 241 Å². The average molecular weight is 1260 g/mol. The van der Waals surface area contributed by atoms with Gasteiger partial charge < -0.3 is 56.3 Å². The largest absolute Gasteiger partial charge is 0.508 e. The molecule has 0 bridgehead atoms. The Bertz CT molecular complexity index is 2920. The molecule has 0 saturated heterocycles. The smallest absolute Gasteiger partial charge is 0.336 e. The first kappa shape index (κ1) is 71.9. The number of carboxylic acid groups (broad SMARTS) is 1. The zero-order valence-corrected chi connectivity index (χ0v) is 56.3. The van der Waals surface area contributed by atoms with Gasteiger partial charge in [-0.2, -0.15) is 0 Å². The van der Waals surface area contributed by atoms with Gasteiger partial charge in [-0.1, -0.05) is 124 Å². The van der Waals surface area contributed by atoms with E-state index in [0.29, 0.717) is 116 Å². The number of ether oxygens (including phenoxy) is 3. The predicted molar refractivity (Wildman–Crippen MR) is 365 cm³/mol. The van der Waals surface area contributed by atoms with Crippen LogP contribution >= 0.6 is 0 Å². The highest BCUT2D eigenvalue weighted by molar-refractivity contribution is 6.09. The zero-order valence-electron chi connectivity index (χ0n) is 56.3. The summed E-state index contributed by atoms with van der Waals surface area (Å²) in [4.78, 5) is 55.3. The van der Waals surface area contributed by atoms with E-state index < -0.39 is 11.9 Å². The number of phenolic OH excluding ortho intramolecular Hbond substituents is 1. The first-order chi connectivity index (χ1) is 44.2. The molecule has 1 aliphatic heterocycles. The Morgan fingerprint density at radius 3 is 2.03 bits per heavy atom. The number of aromatic carboxylic acids is 1. The van der Waals surface area contributed by atoms with Crippen molar-refractivity contribution < 1.29 is 43.2 Å². The molecule has 1 heterocycles.